The number of hydrogen-bond donors (Lipinski definition) is 2. The smallest absolute Gasteiger partial charge is 0.241 e. The molecular formula is C14H28ClN3O2. The van der Waals surface area contributed by atoms with Crippen molar-refractivity contribution in [2.45, 2.75) is 51.5 Å². The number of likely N-dealkylation sites (N-methyl/N-ethyl adjacent to an activating group) is 1. The zero-order valence-electron chi connectivity index (χ0n) is 12.6. The second kappa shape index (κ2) is 10.00. The summed E-state index contributed by atoms with van der Waals surface area (Å²) in [6, 6.07) is 0.00268. The van der Waals surface area contributed by atoms with Gasteiger partial charge in [-0.05, 0) is 19.3 Å². The number of carbonyl (C=O) groups excluding carboxylic acids is 2. The molecule has 0 aliphatic heterocycles. The molecule has 1 saturated carbocycles. The Kier molecular flexibility index (Phi) is 9.59. The number of nitrogens with zero attached hydrogens (tertiary/aromatic N) is 1. The lowest BCUT2D eigenvalue weighted by molar-refractivity contribution is -0.133. The van der Waals surface area contributed by atoms with Gasteiger partial charge in [0.1, 0.15) is 0 Å². The van der Waals surface area contributed by atoms with Gasteiger partial charge in [-0.1, -0.05) is 25.7 Å². The lowest BCUT2D eigenvalue weighted by Crippen LogP contribution is -2.44. The Morgan fingerprint density at radius 1 is 1.35 bits per heavy atom. The predicted molar refractivity (Wildman–Crippen MR) is 82.7 cm³/mol. The number of rotatable bonds is 7. The molecule has 0 bridgehead atoms. The minimum absolute atomic E-state index is 0. The maximum atomic E-state index is 11.8. The maximum Gasteiger partial charge on any atom is 0.241 e. The fourth-order valence-electron chi connectivity index (χ4n) is 2.43. The minimum Gasteiger partial charge on any atom is -0.347 e. The van der Waals surface area contributed by atoms with E-state index in [-0.39, 0.29) is 36.8 Å². The van der Waals surface area contributed by atoms with Crippen LogP contribution in [0.5, 0.6) is 0 Å². The summed E-state index contributed by atoms with van der Waals surface area (Å²) in [7, 11) is 1.71. The molecule has 6 heteroatoms. The SMILES string of the molecule is CC(CN)N(C)C(=O)CNC(=O)CCC1CCCC1.Cl. The summed E-state index contributed by atoms with van der Waals surface area (Å²) in [5.41, 5.74) is 5.50. The van der Waals surface area contributed by atoms with Gasteiger partial charge >= 0.3 is 0 Å². The van der Waals surface area contributed by atoms with Crippen LogP contribution in [-0.4, -0.2) is 42.9 Å². The summed E-state index contributed by atoms with van der Waals surface area (Å²) in [4.78, 5) is 25.0. The first-order chi connectivity index (χ1) is 9.04. The van der Waals surface area contributed by atoms with E-state index in [0.29, 0.717) is 18.9 Å². The first kappa shape index (κ1) is 19.2. The number of carbonyl (C=O) groups is 2. The van der Waals surface area contributed by atoms with E-state index < -0.39 is 0 Å². The van der Waals surface area contributed by atoms with Crippen LogP contribution in [0.4, 0.5) is 0 Å². The van der Waals surface area contributed by atoms with Crippen LogP contribution in [0.25, 0.3) is 0 Å². The average Bonchev–Trinajstić information content (AvgIpc) is 2.93. The average molecular weight is 306 g/mol. The minimum atomic E-state index is -0.0906. The Balaban J connectivity index is 0.00000361. The van der Waals surface area contributed by atoms with E-state index in [1.165, 1.54) is 25.7 Å². The summed E-state index contributed by atoms with van der Waals surface area (Å²) in [6.45, 7) is 2.39. The summed E-state index contributed by atoms with van der Waals surface area (Å²) < 4.78 is 0. The molecule has 0 heterocycles. The summed E-state index contributed by atoms with van der Waals surface area (Å²) >= 11 is 0. The molecule has 2 amide bonds. The molecule has 1 aliphatic rings. The van der Waals surface area contributed by atoms with Crippen LogP contribution in [0.2, 0.25) is 0 Å². The number of halogens is 1. The first-order valence-electron chi connectivity index (χ1n) is 7.27. The third kappa shape index (κ3) is 6.57. The Bertz CT molecular complexity index is 307. The van der Waals surface area contributed by atoms with Gasteiger partial charge < -0.3 is 16.0 Å². The fourth-order valence-corrected chi connectivity index (χ4v) is 2.43. The standard InChI is InChI=1S/C14H27N3O2.ClH/c1-11(9-15)17(2)14(19)10-16-13(18)8-7-12-5-3-4-6-12;/h11-12H,3-10,15H2,1-2H3,(H,16,18);1H. The number of amides is 2. The highest BCUT2D eigenvalue weighted by Crippen LogP contribution is 2.28. The molecule has 0 saturated heterocycles. The van der Waals surface area contributed by atoms with E-state index in [4.69, 9.17) is 5.73 Å². The summed E-state index contributed by atoms with van der Waals surface area (Å²) in [5.74, 6) is 0.600. The third-order valence-corrected chi connectivity index (χ3v) is 4.09. The normalized spacial score (nSPS) is 16.4. The molecule has 118 valence electrons. The van der Waals surface area contributed by atoms with Crippen LogP contribution in [0, 0.1) is 5.92 Å². The Labute approximate surface area is 128 Å². The van der Waals surface area contributed by atoms with Crippen molar-refractivity contribution >= 4 is 24.2 Å². The molecule has 1 aliphatic carbocycles. The molecular weight excluding hydrogens is 278 g/mol. The summed E-state index contributed by atoms with van der Waals surface area (Å²) in [5, 5.41) is 2.70. The van der Waals surface area contributed by atoms with Crippen molar-refractivity contribution < 1.29 is 9.59 Å². The van der Waals surface area contributed by atoms with Crippen LogP contribution in [0.3, 0.4) is 0 Å². The molecule has 0 aromatic heterocycles. The van der Waals surface area contributed by atoms with Crippen LogP contribution >= 0.6 is 12.4 Å². The Hall–Kier alpha value is -0.810. The van der Waals surface area contributed by atoms with Gasteiger partial charge in [0.2, 0.25) is 11.8 Å². The second-order valence-corrected chi connectivity index (χ2v) is 5.56. The Morgan fingerprint density at radius 3 is 2.50 bits per heavy atom. The van der Waals surface area contributed by atoms with Crippen molar-refractivity contribution in [3.05, 3.63) is 0 Å². The first-order valence-corrected chi connectivity index (χ1v) is 7.27. The molecule has 1 atom stereocenters. The summed E-state index contributed by atoms with van der Waals surface area (Å²) in [6.07, 6.45) is 6.59. The van der Waals surface area contributed by atoms with Crippen molar-refractivity contribution in [3.63, 3.8) is 0 Å². The van der Waals surface area contributed by atoms with E-state index in [9.17, 15) is 9.59 Å². The van der Waals surface area contributed by atoms with E-state index in [1.807, 2.05) is 6.92 Å². The molecule has 1 fully saturated rings. The quantitative estimate of drug-likeness (QED) is 0.744. The van der Waals surface area contributed by atoms with Gasteiger partial charge in [-0.2, -0.15) is 0 Å². The molecule has 5 nitrogen and oxygen atoms in total. The Morgan fingerprint density at radius 2 is 1.95 bits per heavy atom. The van der Waals surface area contributed by atoms with Gasteiger partial charge in [0.15, 0.2) is 0 Å². The highest BCUT2D eigenvalue weighted by atomic mass is 35.5. The van der Waals surface area contributed by atoms with Crippen molar-refractivity contribution in [1.29, 1.82) is 0 Å². The molecule has 20 heavy (non-hydrogen) atoms. The molecule has 3 N–H and O–H groups in total. The molecule has 1 rings (SSSR count). The zero-order valence-corrected chi connectivity index (χ0v) is 13.4. The topological polar surface area (TPSA) is 75.4 Å². The number of hydrogen-bond acceptors (Lipinski definition) is 3. The fraction of sp³-hybridized carbons (Fsp3) is 0.857. The lowest BCUT2D eigenvalue weighted by atomic mass is 10.0. The molecule has 0 radical (unpaired) electrons. The maximum absolute atomic E-state index is 11.8. The van der Waals surface area contributed by atoms with E-state index >= 15 is 0 Å². The van der Waals surface area contributed by atoms with Crippen molar-refractivity contribution in [1.82, 2.24) is 10.2 Å². The van der Waals surface area contributed by atoms with Crippen LogP contribution in [-0.2, 0) is 9.59 Å². The number of nitrogens with one attached hydrogen (secondary N) is 1. The van der Waals surface area contributed by atoms with Crippen molar-refractivity contribution in [2.24, 2.45) is 11.7 Å². The number of nitrogens with two attached hydrogens (primary N) is 1. The monoisotopic (exact) mass is 305 g/mol. The van der Waals surface area contributed by atoms with Gasteiger partial charge in [0, 0.05) is 26.1 Å². The largest absolute Gasteiger partial charge is 0.347 e. The van der Waals surface area contributed by atoms with E-state index in [2.05, 4.69) is 5.32 Å². The molecule has 1 unspecified atom stereocenters. The third-order valence-electron chi connectivity index (χ3n) is 4.09. The van der Waals surface area contributed by atoms with Crippen molar-refractivity contribution in [2.75, 3.05) is 20.1 Å². The van der Waals surface area contributed by atoms with Crippen LogP contribution < -0.4 is 11.1 Å². The van der Waals surface area contributed by atoms with E-state index in [1.54, 1.807) is 11.9 Å². The molecule has 0 aromatic carbocycles. The predicted octanol–water partition coefficient (Wildman–Crippen LogP) is 1.30. The van der Waals surface area contributed by atoms with Gasteiger partial charge in [-0.15, -0.1) is 12.4 Å². The molecule has 0 spiro atoms. The van der Waals surface area contributed by atoms with Crippen LogP contribution in [0.15, 0.2) is 0 Å². The van der Waals surface area contributed by atoms with Gasteiger partial charge in [0.25, 0.3) is 0 Å². The zero-order chi connectivity index (χ0) is 14.3. The second-order valence-electron chi connectivity index (χ2n) is 5.56. The van der Waals surface area contributed by atoms with Crippen molar-refractivity contribution in [3.8, 4) is 0 Å². The van der Waals surface area contributed by atoms with E-state index in [0.717, 1.165) is 6.42 Å². The highest BCUT2D eigenvalue weighted by molar-refractivity contribution is 5.85. The highest BCUT2D eigenvalue weighted by Gasteiger charge is 2.17. The van der Waals surface area contributed by atoms with Gasteiger partial charge in [-0.3, -0.25) is 9.59 Å². The van der Waals surface area contributed by atoms with Gasteiger partial charge in [0.05, 0.1) is 6.54 Å². The van der Waals surface area contributed by atoms with Gasteiger partial charge in [-0.25, -0.2) is 0 Å². The lowest BCUT2D eigenvalue weighted by Gasteiger charge is -2.23. The molecule has 0 aromatic rings. The van der Waals surface area contributed by atoms with Crippen LogP contribution in [0.1, 0.15) is 45.4 Å².